The first-order valence-corrected chi connectivity index (χ1v) is 13.3. The minimum atomic E-state index is -3.36. The number of hydrogen-bond donors (Lipinski definition) is 2. The maximum atomic E-state index is 12.5. The molecule has 2 aromatic carbocycles. The zero-order chi connectivity index (χ0) is 25.7. The first kappa shape index (κ1) is 27.6. The van der Waals surface area contributed by atoms with Crippen LogP contribution in [0.15, 0.2) is 42.5 Å². The Morgan fingerprint density at radius 3 is 2.18 bits per heavy atom. The van der Waals surface area contributed by atoms with Crippen LogP contribution >= 0.6 is 12.2 Å². The van der Waals surface area contributed by atoms with E-state index in [1.807, 2.05) is 37.8 Å². The van der Waals surface area contributed by atoms with Crippen LogP contribution in [0, 0.1) is 19.3 Å². The Labute approximate surface area is 208 Å². The molecule has 0 amide bonds. The molecule has 0 fully saturated rings. The molecule has 0 radical (unpaired) electrons. The molecule has 2 rings (SSSR count). The lowest BCUT2D eigenvalue weighted by atomic mass is 9.97. The number of nitrogens with two attached hydrogens (primary N) is 1. The number of rotatable bonds is 9. The molecule has 9 heteroatoms. The molecule has 0 spiro atoms. The average molecular weight is 506 g/mol. The van der Waals surface area contributed by atoms with Crippen molar-refractivity contribution < 1.29 is 17.9 Å². The second kappa shape index (κ2) is 11.2. The average Bonchev–Trinajstić information content (AvgIpc) is 2.71. The van der Waals surface area contributed by atoms with Crippen LogP contribution in [-0.2, 0) is 32.5 Å². The Kier molecular flexibility index (Phi) is 9.08. The second-order valence-electron chi connectivity index (χ2n) is 9.66. The Bertz CT molecular complexity index is 1120. The summed E-state index contributed by atoms with van der Waals surface area (Å²) in [5.74, 6) is -0.295. The Morgan fingerprint density at radius 2 is 1.68 bits per heavy atom. The van der Waals surface area contributed by atoms with E-state index in [4.69, 9.17) is 22.7 Å². The fourth-order valence-corrected chi connectivity index (χ4v) is 4.10. The van der Waals surface area contributed by atoms with Gasteiger partial charge < -0.3 is 15.4 Å². The van der Waals surface area contributed by atoms with Gasteiger partial charge in [-0.05, 0) is 87.6 Å². The van der Waals surface area contributed by atoms with Gasteiger partial charge in [-0.2, -0.15) is 0 Å². The molecule has 1 atom stereocenters. The highest BCUT2D eigenvalue weighted by atomic mass is 32.2. The maximum Gasteiger partial charge on any atom is 0.311 e. The minimum Gasteiger partial charge on any atom is -0.463 e. The summed E-state index contributed by atoms with van der Waals surface area (Å²) in [6.45, 7) is 10.1. The van der Waals surface area contributed by atoms with Crippen LogP contribution in [0.25, 0.3) is 0 Å². The number of carbonyl (C=O) groups excluding carboxylic acids is 1. The molecule has 0 aromatic heterocycles. The molecule has 34 heavy (non-hydrogen) atoms. The quantitative estimate of drug-likeness (QED) is 0.393. The Morgan fingerprint density at radius 1 is 1.09 bits per heavy atom. The second-order valence-corrected chi connectivity index (χ2v) is 11.8. The molecular weight excluding hydrogens is 470 g/mol. The van der Waals surface area contributed by atoms with E-state index in [2.05, 4.69) is 36.8 Å². The van der Waals surface area contributed by atoms with Crippen LogP contribution in [0.2, 0.25) is 0 Å². The number of aryl methyl sites for hydroxylation is 2. The zero-order valence-electron chi connectivity index (χ0n) is 20.7. The highest BCUT2D eigenvalue weighted by Crippen LogP contribution is 2.20. The molecule has 0 aliphatic rings. The van der Waals surface area contributed by atoms with Crippen LogP contribution in [0.5, 0.6) is 0 Å². The van der Waals surface area contributed by atoms with E-state index in [9.17, 15) is 13.2 Å². The first-order valence-electron chi connectivity index (χ1n) is 11.0. The molecule has 186 valence electrons. The van der Waals surface area contributed by atoms with Gasteiger partial charge in [0.1, 0.15) is 6.61 Å². The third-order valence-electron chi connectivity index (χ3n) is 5.40. The van der Waals surface area contributed by atoms with Gasteiger partial charge in [-0.1, -0.05) is 30.3 Å². The number of hydrogen-bond acceptors (Lipinski definition) is 5. The monoisotopic (exact) mass is 505 g/mol. The summed E-state index contributed by atoms with van der Waals surface area (Å²) in [6.07, 6.45) is 1.69. The number of carbonyl (C=O) groups is 1. The van der Waals surface area contributed by atoms with Crippen molar-refractivity contribution in [2.75, 3.05) is 17.6 Å². The van der Waals surface area contributed by atoms with E-state index < -0.39 is 15.4 Å². The molecule has 3 N–H and O–H groups in total. The molecule has 0 saturated carbocycles. The van der Waals surface area contributed by atoms with E-state index >= 15 is 0 Å². The number of nitrogens with one attached hydrogen (secondary N) is 1. The summed E-state index contributed by atoms with van der Waals surface area (Å²) in [7, 11) is -3.36. The number of esters is 1. The minimum absolute atomic E-state index is 0.133. The fourth-order valence-electron chi connectivity index (χ4n) is 3.33. The summed E-state index contributed by atoms with van der Waals surface area (Å²) < 4.78 is 31.0. The number of ether oxygens (including phenoxy) is 1. The van der Waals surface area contributed by atoms with Gasteiger partial charge >= 0.3 is 5.97 Å². The van der Waals surface area contributed by atoms with Crippen molar-refractivity contribution in [3.8, 4) is 0 Å². The lowest BCUT2D eigenvalue weighted by molar-refractivity contribution is -0.154. The van der Waals surface area contributed by atoms with Crippen LogP contribution in [0.3, 0.4) is 0 Å². The van der Waals surface area contributed by atoms with Gasteiger partial charge in [-0.15, -0.1) is 0 Å². The lowest BCUT2D eigenvalue weighted by Crippen LogP contribution is -2.47. The van der Waals surface area contributed by atoms with Crippen molar-refractivity contribution >= 4 is 39.0 Å². The smallest absolute Gasteiger partial charge is 0.311 e. The molecule has 0 aliphatic carbocycles. The van der Waals surface area contributed by atoms with Crippen LogP contribution in [-0.4, -0.2) is 43.3 Å². The van der Waals surface area contributed by atoms with Crippen molar-refractivity contribution in [1.29, 1.82) is 0 Å². The number of benzene rings is 2. The zero-order valence-corrected chi connectivity index (χ0v) is 22.3. The van der Waals surface area contributed by atoms with Crippen molar-refractivity contribution in [2.45, 2.75) is 53.6 Å². The van der Waals surface area contributed by atoms with Gasteiger partial charge in [-0.25, -0.2) is 8.42 Å². The Hall–Kier alpha value is -2.65. The fraction of sp³-hybridized carbons (Fsp3) is 0.440. The van der Waals surface area contributed by atoms with Crippen molar-refractivity contribution in [3.63, 3.8) is 0 Å². The standard InChI is InChI=1S/C25H35N3O4S2/c1-17-7-8-20(13-18(17)2)14-22(16-32-23(29)25(3,4)5)28(24(26)33)15-19-9-11-21(12-10-19)27-34(6,30)31/h7-13,22,27H,14-16H2,1-6H3,(H2,26,33). The summed E-state index contributed by atoms with van der Waals surface area (Å²) >= 11 is 5.38. The molecule has 0 aliphatic heterocycles. The highest BCUT2D eigenvalue weighted by Gasteiger charge is 2.27. The summed E-state index contributed by atoms with van der Waals surface area (Å²) in [5, 5.41) is 0.193. The van der Waals surface area contributed by atoms with E-state index in [-0.39, 0.29) is 23.7 Å². The third-order valence-corrected chi connectivity index (χ3v) is 6.24. The van der Waals surface area contributed by atoms with Crippen molar-refractivity contribution in [2.24, 2.45) is 11.1 Å². The van der Waals surface area contributed by atoms with Gasteiger partial charge in [0.15, 0.2) is 5.11 Å². The van der Waals surface area contributed by atoms with Crippen LogP contribution < -0.4 is 10.5 Å². The number of thiocarbonyl (C=S) groups is 1. The molecule has 0 bridgehead atoms. The molecule has 1 unspecified atom stereocenters. The topological polar surface area (TPSA) is 102 Å². The molecule has 0 saturated heterocycles. The number of anilines is 1. The number of nitrogens with zero attached hydrogens (tertiary/aromatic N) is 1. The van der Waals surface area contributed by atoms with Crippen LogP contribution in [0.4, 0.5) is 5.69 Å². The largest absolute Gasteiger partial charge is 0.463 e. The first-order chi connectivity index (χ1) is 15.7. The molecule has 2 aromatic rings. The van der Waals surface area contributed by atoms with Gasteiger partial charge in [0.05, 0.1) is 17.7 Å². The predicted octanol–water partition coefficient (Wildman–Crippen LogP) is 3.92. The van der Waals surface area contributed by atoms with E-state index in [0.717, 1.165) is 17.4 Å². The summed E-state index contributed by atoms with van der Waals surface area (Å²) in [4.78, 5) is 14.3. The van der Waals surface area contributed by atoms with E-state index in [1.165, 1.54) is 11.1 Å². The van der Waals surface area contributed by atoms with Gasteiger partial charge in [0.2, 0.25) is 10.0 Å². The SMILES string of the molecule is Cc1ccc(CC(COC(=O)C(C)(C)C)N(Cc2ccc(NS(C)(=O)=O)cc2)C(N)=S)cc1C. The normalized spacial score (nSPS) is 12.6. The van der Waals surface area contributed by atoms with Crippen molar-refractivity contribution in [1.82, 2.24) is 4.90 Å². The molecular formula is C25H35N3O4S2. The number of sulfonamides is 1. The molecule has 0 heterocycles. The van der Waals surface area contributed by atoms with Gasteiger partial charge in [0, 0.05) is 12.2 Å². The predicted molar refractivity (Wildman–Crippen MR) is 141 cm³/mol. The van der Waals surface area contributed by atoms with Gasteiger partial charge in [-0.3, -0.25) is 9.52 Å². The highest BCUT2D eigenvalue weighted by molar-refractivity contribution is 7.92. The lowest BCUT2D eigenvalue weighted by Gasteiger charge is -2.33. The van der Waals surface area contributed by atoms with E-state index in [1.54, 1.807) is 12.1 Å². The summed E-state index contributed by atoms with van der Waals surface area (Å²) in [5.41, 5.74) is 10.3. The molecule has 7 nitrogen and oxygen atoms in total. The summed E-state index contributed by atoms with van der Waals surface area (Å²) in [6, 6.07) is 13.0. The van der Waals surface area contributed by atoms with Crippen molar-refractivity contribution in [3.05, 3.63) is 64.7 Å². The Balaban J connectivity index is 2.29. The van der Waals surface area contributed by atoms with Gasteiger partial charge in [0.25, 0.3) is 0 Å². The third kappa shape index (κ3) is 8.61. The van der Waals surface area contributed by atoms with Crippen LogP contribution in [0.1, 0.15) is 43.0 Å². The maximum absolute atomic E-state index is 12.5. The van der Waals surface area contributed by atoms with E-state index in [0.29, 0.717) is 18.7 Å².